The quantitative estimate of drug-likeness (QED) is 0.603. The SMILES string of the molecule is CS(=O)(=O)N1CCCN(c2cc3c(cc2[N+](=O)[O-])OCC(=O)N3)CC1. The highest BCUT2D eigenvalue weighted by Crippen LogP contribution is 2.40. The summed E-state index contributed by atoms with van der Waals surface area (Å²) in [6.07, 6.45) is 1.70. The number of benzene rings is 1. The molecule has 1 aromatic rings. The molecule has 1 aromatic carbocycles. The summed E-state index contributed by atoms with van der Waals surface area (Å²) < 4.78 is 30.0. The number of nitrogens with zero attached hydrogens (tertiary/aromatic N) is 3. The fraction of sp³-hybridized carbons (Fsp3) is 0.500. The van der Waals surface area contributed by atoms with Crippen molar-refractivity contribution in [1.29, 1.82) is 0 Å². The predicted octanol–water partition coefficient (Wildman–Crippen LogP) is 0.397. The summed E-state index contributed by atoms with van der Waals surface area (Å²) in [5.74, 6) is -0.0749. The van der Waals surface area contributed by atoms with Crippen molar-refractivity contribution in [2.75, 3.05) is 49.3 Å². The summed E-state index contributed by atoms with van der Waals surface area (Å²) >= 11 is 0. The van der Waals surface area contributed by atoms with E-state index in [2.05, 4.69) is 5.32 Å². The summed E-state index contributed by atoms with van der Waals surface area (Å²) in [7, 11) is -3.31. The molecule has 0 aliphatic carbocycles. The summed E-state index contributed by atoms with van der Waals surface area (Å²) in [5.41, 5.74) is 0.577. The molecule has 1 saturated heterocycles. The second kappa shape index (κ2) is 6.48. The Bertz CT molecular complexity index is 825. The molecule has 2 heterocycles. The third-order valence-corrected chi connectivity index (χ3v) is 5.47. The lowest BCUT2D eigenvalue weighted by Crippen LogP contribution is -2.34. The number of hydrogen-bond acceptors (Lipinski definition) is 7. The number of carbonyl (C=O) groups excluding carboxylic acids is 1. The van der Waals surface area contributed by atoms with E-state index < -0.39 is 14.9 Å². The number of sulfonamides is 1. The zero-order valence-corrected chi connectivity index (χ0v) is 14.4. The molecule has 10 nitrogen and oxygen atoms in total. The van der Waals surface area contributed by atoms with Crippen LogP contribution in [0.1, 0.15) is 6.42 Å². The molecule has 2 aliphatic heterocycles. The van der Waals surface area contributed by atoms with Crippen LogP contribution in [0.4, 0.5) is 17.1 Å². The number of ether oxygens (including phenoxy) is 1. The van der Waals surface area contributed by atoms with E-state index in [4.69, 9.17) is 4.74 Å². The lowest BCUT2D eigenvalue weighted by Gasteiger charge is -2.25. The monoisotopic (exact) mass is 370 g/mol. The summed E-state index contributed by atoms with van der Waals surface area (Å²) in [6.45, 7) is 1.22. The van der Waals surface area contributed by atoms with Gasteiger partial charge < -0.3 is 15.0 Å². The molecule has 0 unspecified atom stereocenters. The average Bonchev–Trinajstić information content (AvgIpc) is 2.79. The van der Waals surface area contributed by atoms with Crippen molar-refractivity contribution in [2.24, 2.45) is 0 Å². The van der Waals surface area contributed by atoms with Crippen molar-refractivity contribution in [3.05, 3.63) is 22.2 Å². The van der Waals surface area contributed by atoms with Crippen LogP contribution in [0.25, 0.3) is 0 Å². The maximum absolute atomic E-state index is 11.7. The number of nitrogens with one attached hydrogen (secondary N) is 1. The van der Waals surface area contributed by atoms with E-state index >= 15 is 0 Å². The van der Waals surface area contributed by atoms with Crippen LogP contribution in [0.2, 0.25) is 0 Å². The highest BCUT2D eigenvalue weighted by molar-refractivity contribution is 7.88. The standard InChI is InChI=1S/C14H18N4O6S/c1-25(22,23)17-4-2-3-16(5-6-17)11-7-10-13(8-12(11)18(20)21)24-9-14(19)15-10/h7-8H,2-6,9H2,1H3,(H,15,19). The molecule has 0 spiro atoms. The number of hydrogen-bond donors (Lipinski definition) is 1. The molecule has 0 radical (unpaired) electrons. The van der Waals surface area contributed by atoms with E-state index in [1.54, 1.807) is 4.90 Å². The Morgan fingerprint density at radius 1 is 1.24 bits per heavy atom. The second-order valence-electron chi connectivity index (χ2n) is 5.93. The van der Waals surface area contributed by atoms with Crippen molar-refractivity contribution < 1.29 is 22.9 Å². The van der Waals surface area contributed by atoms with Gasteiger partial charge in [0, 0.05) is 26.2 Å². The van der Waals surface area contributed by atoms with Gasteiger partial charge in [0.05, 0.1) is 22.9 Å². The molecule has 11 heteroatoms. The first kappa shape index (κ1) is 17.4. The average molecular weight is 370 g/mol. The number of fused-ring (bicyclic) bond motifs is 1. The molecule has 25 heavy (non-hydrogen) atoms. The van der Waals surface area contributed by atoms with Crippen molar-refractivity contribution in [3.63, 3.8) is 0 Å². The highest BCUT2D eigenvalue weighted by atomic mass is 32.2. The van der Waals surface area contributed by atoms with Crippen LogP contribution in [0, 0.1) is 10.1 Å². The minimum atomic E-state index is -3.31. The molecule has 1 N–H and O–H groups in total. The molecular weight excluding hydrogens is 352 g/mol. The Labute approximate surface area is 144 Å². The highest BCUT2D eigenvalue weighted by Gasteiger charge is 2.29. The Hall–Kier alpha value is -2.40. The maximum Gasteiger partial charge on any atom is 0.296 e. The van der Waals surface area contributed by atoms with Gasteiger partial charge in [-0.3, -0.25) is 14.9 Å². The van der Waals surface area contributed by atoms with Gasteiger partial charge in [0.25, 0.3) is 11.6 Å². The number of rotatable bonds is 3. The second-order valence-corrected chi connectivity index (χ2v) is 7.92. The fourth-order valence-electron chi connectivity index (χ4n) is 2.97. The van der Waals surface area contributed by atoms with Gasteiger partial charge in [-0.25, -0.2) is 12.7 Å². The van der Waals surface area contributed by atoms with Crippen LogP contribution in [0.3, 0.4) is 0 Å². The van der Waals surface area contributed by atoms with Crippen LogP contribution < -0.4 is 15.0 Å². The molecule has 1 fully saturated rings. The Morgan fingerprint density at radius 3 is 2.68 bits per heavy atom. The maximum atomic E-state index is 11.7. The molecule has 3 rings (SSSR count). The smallest absolute Gasteiger partial charge is 0.296 e. The van der Waals surface area contributed by atoms with Crippen LogP contribution >= 0.6 is 0 Å². The molecule has 0 bridgehead atoms. The fourth-order valence-corrected chi connectivity index (χ4v) is 3.84. The molecule has 0 atom stereocenters. The summed E-state index contributed by atoms with van der Waals surface area (Å²) in [5, 5.41) is 14.1. The summed E-state index contributed by atoms with van der Waals surface area (Å²) in [4.78, 5) is 24.2. The number of anilines is 2. The van der Waals surface area contributed by atoms with Crippen LogP contribution in [-0.2, 0) is 14.8 Å². The van der Waals surface area contributed by atoms with E-state index in [9.17, 15) is 23.3 Å². The Kier molecular flexibility index (Phi) is 4.52. The van der Waals surface area contributed by atoms with E-state index in [0.717, 1.165) is 6.26 Å². The molecule has 2 aliphatic rings. The van der Waals surface area contributed by atoms with Gasteiger partial charge in [0.15, 0.2) is 12.4 Å². The lowest BCUT2D eigenvalue weighted by molar-refractivity contribution is -0.384. The van der Waals surface area contributed by atoms with Crippen molar-refractivity contribution >= 4 is 33.0 Å². The number of amides is 1. The minimum absolute atomic E-state index is 0.136. The zero-order chi connectivity index (χ0) is 18.2. The number of nitro benzene ring substituents is 1. The van der Waals surface area contributed by atoms with E-state index in [0.29, 0.717) is 37.4 Å². The van der Waals surface area contributed by atoms with Gasteiger partial charge in [-0.15, -0.1) is 0 Å². The van der Waals surface area contributed by atoms with Gasteiger partial charge in [-0.1, -0.05) is 0 Å². The molecular formula is C14H18N4O6S. The lowest BCUT2D eigenvalue weighted by atomic mass is 10.1. The van der Waals surface area contributed by atoms with Crippen molar-refractivity contribution in [3.8, 4) is 5.75 Å². The molecule has 136 valence electrons. The molecule has 0 saturated carbocycles. The van der Waals surface area contributed by atoms with Crippen molar-refractivity contribution in [2.45, 2.75) is 6.42 Å². The largest absolute Gasteiger partial charge is 0.481 e. The summed E-state index contributed by atoms with van der Waals surface area (Å²) in [6, 6.07) is 2.81. The first-order valence-corrected chi connectivity index (χ1v) is 9.55. The van der Waals surface area contributed by atoms with Crippen LogP contribution in [-0.4, -0.2) is 62.6 Å². The molecule has 0 aromatic heterocycles. The first-order valence-electron chi connectivity index (χ1n) is 7.71. The predicted molar refractivity (Wildman–Crippen MR) is 90.5 cm³/mol. The van der Waals surface area contributed by atoms with Gasteiger partial charge in [0.2, 0.25) is 10.0 Å². The first-order chi connectivity index (χ1) is 11.8. The normalized spacial score (nSPS) is 18.8. The van der Waals surface area contributed by atoms with Crippen LogP contribution in [0.5, 0.6) is 5.75 Å². The number of nitro groups is 1. The third-order valence-electron chi connectivity index (χ3n) is 4.17. The van der Waals surface area contributed by atoms with Crippen LogP contribution in [0.15, 0.2) is 12.1 Å². The van der Waals surface area contributed by atoms with Gasteiger partial charge in [-0.05, 0) is 12.5 Å². The van der Waals surface area contributed by atoms with Crippen molar-refractivity contribution in [1.82, 2.24) is 4.31 Å². The minimum Gasteiger partial charge on any atom is -0.481 e. The van der Waals surface area contributed by atoms with Gasteiger partial charge >= 0.3 is 0 Å². The number of carbonyl (C=O) groups is 1. The van der Waals surface area contributed by atoms with Gasteiger partial charge in [0.1, 0.15) is 5.69 Å². The van der Waals surface area contributed by atoms with E-state index in [1.807, 2.05) is 0 Å². The van der Waals surface area contributed by atoms with Gasteiger partial charge in [-0.2, -0.15) is 0 Å². The van der Waals surface area contributed by atoms with E-state index in [1.165, 1.54) is 16.4 Å². The van der Waals surface area contributed by atoms with E-state index in [-0.39, 0.29) is 30.5 Å². The third kappa shape index (κ3) is 3.66. The topological polar surface area (TPSA) is 122 Å². The molecule has 1 amide bonds. The zero-order valence-electron chi connectivity index (χ0n) is 13.6. The Balaban J connectivity index is 1.94. The Morgan fingerprint density at radius 2 is 2.00 bits per heavy atom.